The molecule has 0 spiro atoms. The van der Waals surface area contributed by atoms with E-state index in [-0.39, 0.29) is 7.11 Å². The van der Waals surface area contributed by atoms with E-state index in [1.807, 2.05) is 0 Å². The molecule has 0 bridgehead atoms. The molecule has 0 aliphatic carbocycles. The summed E-state index contributed by atoms with van der Waals surface area (Å²) in [6.45, 7) is 0. The Morgan fingerprint density at radius 1 is 0.917 bits per heavy atom. The molecule has 1 N–H and O–H groups in total. The Morgan fingerprint density at radius 2 is 1.17 bits per heavy atom. The van der Waals surface area contributed by atoms with Crippen LogP contribution in [0.25, 0.3) is 0 Å². The zero-order chi connectivity index (χ0) is 10.2. The molecule has 0 aromatic carbocycles. The highest BCUT2D eigenvalue weighted by Crippen LogP contribution is 2.43. The largest absolute Gasteiger partial charge is 0.453 e. The zero-order valence-corrected chi connectivity index (χ0v) is 5.62. The Labute approximate surface area is 62.7 Å². The number of methoxy groups -OCH3 is 1. The lowest BCUT2D eigenvalue weighted by Crippen LogP contribution is -2.58. The fourth-order valence-electron chi connectivity index (χ4n) is 0.392. The van der Waals surface area contributed by atoms with Gasteiger partial charge in [-0.15, -0.1) is 0 Å². The highest BCUT2D eigenvalue weighted by atomic mass is 19.4. The minimum atomic E-state index is -5.90. The Bertz CT molecular complexity index is 144. The van der Waals surface area contributed by atoms with Gasteiger partial charge < -0.3 is 9.84 Å². The highest BCUT2D eigenvalue weighted by molar-refractivity contribution is 4.84. The van der Waals surface area contributed by atoms with Gasteiger partial charge in [-0.1, -0.05) is 0 Å². The fraction of sp³-hybridized carbons (Fsp3) is 1.00. The van der Waals surface area contributed by atoms with Gasteiger partial charge >= 0.3 is 18.1 Å². The number of hydrogen-bond donors (Lipinski definition) is 1. The standard InChI is InChI=1S/C4H4F6O2/c1-12-2(11,3(5,6)7)4(8,9)10/h11H,1H3. The molecule has 0 unspecified atom stereocenters. The first-order chi connectivity index (χ1) is 5.06. The van der Waals surface area contributed by atoms with Crippen molar-refractivity contribution in [3.8, 4) is 0 Å². The Balaban J connectivity index is 4.95. The summed E-state index contributed by atoms with van der Waals surface area (Å²) in [5.41, 5.74) is 0. The molecule has 0 aromatic rings. The van der Waals surface area contributed by atoms with Crippen molar-refractivity contribution in [3.05, 3.63) is 0 Å². The first kappa shape index (κ1) is 11.5. The molecule has 8 heteroatoms. The smallest absolute Gasteiger partial charge is 0.351 e. The molecule has 0 saturated heterocycles. The fourth-order valence-corrected chi connectivity index (χ4v) is 0.392. The van der Waals surface area contributed by atoms with Crippen LogP contribution in [0, 0.1) is 0 Å². The summed E-state index contributed by atoms with van der Waals surface area (Å²) in [6, 6.07) is 0. The highest BCUT2D eigenvalue weighted by Gasteiger charge is 2.72. The van der Waals surface area contributed by atoms with E-state index in [1.54, 1.807) is 0 Å². The number of alkyl halides is 6. The number of rotatable bonds is 1. The van der Waals surface area contributed by atoms with Gasteiger partial charge in [-0.25, -0.2) is 0 Å². The lowest BCUT2D eigenvalue weighted by molar-refractivity contribution is -0.451. The van der Waals surface area contributed by atoms with E-state index in [4.69, 9.17) is 5.11 Å². The van der Waals surface area contributed by atoms with Crippen LogP contribution in [-0.2, 0) is 4.74 Å². The molecule has 74 valence electrons. The minimum absolute atomic E-state index is 0.112. The predicted octanol–water partition coefficient (Wildman–Crippen LogP) is 1.45. The second-order valence-corrected chi connectivity index (χ2v) is 1.84. The molecule has 0 atom stereocenters. The van der Waals surface area contributed by atoms with Crippen molar-refractivity contribution in [3.63, 3.8) is 0 Å². The average Bonchev–Trinajstić information content (AvgIpc) is 1.81. The molecule has 0 rings (SSSR count). The van der Waals surface area contributed by atoms with Crippen molar-refractivity contribution in [1.82, 2.24) is 0 Å². The van der Waals surface area contributed by atoms with Gasteiger partial charge in [0.1, 0.15) is 0 Å². The van der Waals surface area contributed by atoms with Gasteiger partial charge in [0.25, 0.3) is 0 Å². The Morgan fingerprint density at radius 3 is 1.17 bits per heavy atom. The SMILES string of the molecule is COC(O)(C(F)(F)F)C(F)(F)F. The minimum Gasteiger partial charge on any atom is -0.351 e. The van der Waals surface area contributed by atoms with E-state index in [2.05, 4.69) is 4.74 Å². The Hall–Kier alpha value is -0.500. The second kappa shape index (κ2) is 2.77. The molecule has 0 amide bonds. The van der Waals surface area contributed by atoms with Crippen LogP contribution in [-0.4, -0.2) is 30.4 Å². The van der Waals surface area contributed by atoms with E-state index in [1.165, 1.54) is 0 Å². The lowest BCUT2D eigenvalue weighted by Gasteiger charge is -2.29. The molecule has 0 aliphatic rings. The van der Waals surface area contributed by atoms with Crippen molar-refractivity contribution < 1.29 is 36.2 Å². The molecule has 12 heavy (non-hydrogen) atoms. The van der Waals surface area contributed by atoms with Crippen LogP contribution in [0.5, 0.6) is 0 Å². The summed E-state index contributed by atoms with van der Waals surface area (Å²) in [6.07, 6.45) is -11.8. The van der Waals surface area contributed by atoms with Crippen molar-refractivity contribution >= 4 is 0 Å². The lowest BCUT2D eigenvalue weighted by atomic mass is 10.2. The molecular formula is C4H4F6O2. The molecule has 0 fully saturated rings. The Kier molecular flexibility index (Phi) is 2.65. The molecular weight excluding hydrogens is 194 g/mol. The van der Waals surface area contributed by atoms with Gasteiger partial charge in [0.05, 0.1) is 0 Å². The number of halogens is 6. The average molecular weight is 198 g/mol. The van der Waals surface area contributed by atoms with Gasteiger partial charge in [-0.2, -0.15) is 26.3 Å². The summed E-state index contributed by atoms with van der Waals surface area (Å²) in [4.78, 5) is 0. The van der Waals surface area contributed by atoms with Crippen molar-refractivity contribution in [1.29, 1.82) is 0 Å². The molecule has 0 saturated carbocycles. The van der Waals surface area contributed by atoms with Gasteiger partial charge in [0, 0.05) is 7.11 Å². The summed E-state index contributed by atoms with van der Waals surface area (Å²) in [5.74, 6) is -5.08. The maximum absolute atomic E-state index is 11.5. The molecule has 0 radical (unpaired) electrons. The van der Waals surface area contributed by atoms with Crippen LogP contribution < -0.4 is 0 Å². The first-order valence-electron chi connectivity index (χ1n) is 2.47. The van der Waals surface area contributed by atoms with Gasteiger partial charge in [-0.05, 0) is 0 Å². The van der Waals surface area contributed by atoms with Crippen molar-refractivity contribution in [2.24, 2.45) is 0 Å². The molecule has 0 aromatic heterocycles. The number of ether oxygens (including phenoxy) is 1. The summed E-state index contributed by atoms with van der Waals surface area (Å²) < 4.78 is 72.0. The van der Waals surface area contributed by atoms with E-state index in [0.29, 0.717) is 0 Å². The summed E-state index contributed by atoms with van der Waals surface area (Å²) in [5, 5.41) is 8.02. The molecule has 0 aliphatic heterocycles. The molecule has 2 nitrogen and oxygen atoms in total. The monoisotopic (exact) mass is 198 g/mol. The van der Waals surface area contributed by atoms with Crippen LogP contribution in [0.4, 0.5) is 26.3 Å². The normalized spacial score (nSPS) is 15.0. The van der Waals surface area contributed by atoms with Crippen LogP contribution in [0.3, 0.4) is 0 Å². The third-order valence-electron chi connectivity index (χ3n) is 1.06. The van der Waals surface area contributed by atoms with E-state index in [9.17, 15) is 26.3 Å². The molecule has 0 heterocycles. The van der Waals surface area contributed by atoms with Crippen LogP contribution in [0.2, 0.25) is 0 Å². The third-order valence-corrected chi connectivity index (χ3v) is 1.06. The van der Waals surface area contributed by atoms with Gasteiger partial charge in [-0.3, -0.25) is 0 Å². The van der Waals surface area contributed by atoms with E-state index >= 15 is 0 Å². The van der Waals surface area contributed by atoms with Gasteiger partial charge in [0.15, 0.2) is 0 Å². The van der Waals surface area contributed by atoms with E-state index < -0.39 is 18.1 Å². The van der Waals surface area contributed by atoms with Gasteiger partial charge in [0.2, 0.25) is 0 Å². The van der Waals surface area contributed by atoms with Crippen LogP contribution in [0.1, 0.15) is 0 Å². The maximum Gasteiger partial charge on any atom is 0.453 e. The first-order valence-corrected chi connectivity index (χ1v) is 2.47. The topological polar surface area (TPSA) is 29.5 Å². The maximum atomic E-state index is 11.5. The van der Waals surface area contributed by atoms with Crippen molar-refractivity contribution in [2.45, 2.75) is 18.1 Å². The predicted molar refractivity (Wildman–Crippen MR) is 24.1 cm³/mol. The zero-order valence-electron chi connectivity index (χ0n) is 5.62. The summed E-state index contributed by atoms with van der Waals surface area (Å²) >= 11 is 0. The second-order valence-electron chi connectivity index (χ2n) is 1.84. The number of hydrogen-bond acceptors (Lipinski definition) is 2. The third kappa shape index (κ3) is 1.63. The van der Waals surface area contributed by atoms with Crippen LogP contribution >= 0.6 is 0 Å². The number of aliphatic hydroxyl groups is 1. The van der Waals surface area contributed by atoms with E-state index in [0.717, 1.165) is 0 Å². The quantitative estimate of drug-likeness (QED) is 0.510. The van der Waals surface area contributed by atoms with Crippen LogP contribution in [0.15, 0.2) is 0 Å². The van der Waals surface area contributed by atoms with Crippen molar-refractivity contribution in [2.75, 3.05) is 7.11 Å². The summed E-state index contributed by atoms with van der Waals surface area (Å²) in [7, 11) is 0.112.